The largest absolute Gasteiger partial charge is 0.317 e. The van der Waals surface area contributed by atoms with Crippen molar-refractivity contribution in [2.45, 2.75) is 25.3 Å². The van der Waals surface area contributed by atoms with E-state index in [1.807, 2.05) is 37.1 Å². The molecule has 0 aliphatic carbocycles. The summed E-state index contributed by atoms with van der Waals surface area (Å²) in [5.41, 5.74) is 3.05. The van der Waals surface area contributed by atoms with Crippen molar-refractivity contribution in [2.75, 3.05) is 7.05 Å². The minimum absolute atomic E-state index is 0.498. The highest BCUT2D eigenvalue weighted by Crippen LogP contribution is 2.12. The number of hydrogen-bond acceptors (Lipinski definition) is 4. The van der Waals surface area contributed by atoms with Gasteiger partial charge < -0.3 is 5.32 Å². The van der Waals surface area contributed by atoms with E-state index in [9.17, 15) is 0 Å². The maximum atomic E-state index is 4.34. The van der Waals surface area contributed by atoms with Gasteiger partial charge in [0.05, 0.1) is 5.51 Å². The first-order valence-corrected chi connectivity index (χ1v) is 6.71. The third-order valence-electron chi connectivity index (χ3n) is 2.81. The molecule has 0 saturated carbocycles. The van der Waals surface area contributed by atoms with Gasteiger partial charge in [0, 0.05) is 29.0 Å². The van der Waals surface area contributed by atoms with Crippen LogP contribution in [0.15, 0.2) is 36.1 Å². The van der Waals surface area contributed by atoms with Crippen LogP contribution in [0.3, 0.4) is 0 Å². The van der Waals surface area contributed by atoms with Gasteiger partial charge in [-0.15, -0.1) is 11.3 Å². The summed E-state index contributed by atoms with van der Waals surface area (Å²) >= 11 is 1.72. The zero-order chi connectivity index (χ0) is 11.9. The molecule has 2 heterocycles. The van der Waals surface area contributed by atoms with Crippen molar-refractivity contribution in [3.8, 4) is 0 Å². The Morgan fingerprint density at radius 3 is 3.00 bits per heavy atom. The molecule has 0 spiro atoms. The summed E-state index contributed by atoms with van der Waals surface area (Å²) in [6.07, 6.45) is 6.98. The van der Waals surface area contributed by atoms with Gasteiger partial charge in [-0.3, -0.25) is 9.97 Å². The lowest BCUT2D eigenvalue weighted by molar-refractivity contribution is 0.520. The molecule has 1 N–H and O–H groups in total. The van der Waals surface area contributed by atoms with E-state index in [1.54, 1.807) is 11.3 Å². The molecule has 90 valence electrons. The van der Waals surface area contributed by atoms with E-state index in [1.165, 1.54) is 4.88 Å². The normalized spacial score (nSPS) is 12.5. The van der Waals surface area contributed by atoms with Gasteiger partial charge in [-0.2, -0.15) is 0 Å². The second kappa shape index (κ2) is 6.47. The maximum Gasteiger partial charge on any atom is 0.0794 e. The van der Waals surface area contributed by atoms with Gasteiger partial charge in [0.15, 0.2) is 0 Å². The Kier molecular flexibility index (Phi) is 4.64. The van der Waals surface area contributed by atoms with E-state index in [0.29, 0.717) is 6.04 Å². The molecule has 0 amide bonds. The van der Waals surface area contributed by atoms with Crippen LogP contribution in [0.25, 0.3) is 0 Å². The molecule has 2 aromatic heterocycles. The predicted molar refractivity (Wildman–Crippen MR) is 71.2 cm³/mol. The molecule has 0 saturated heterocycles. The average Bonchev–Trinajstić information content (AvgIpc) is 2.88. The molecule has 1 atom stereocenters. The number of pyridine rings is 1. The molecule has 0 radical (unpaired) electrons. The van der Waals surface area contributed by atoms with Crippen molar-refractivity contribution in [1.82, 2.24) is 15.3 Å². The summed E-state index contributed by atoms with van der Waals surface area (Å²) in [7, 11) is 2.02. The maximum absolute atomic E-state index is 4.34. The fourth-order valence-corrected chi connectivity index (χ4v) is 2.48. The Morgan fingerprint density at radius 2 is 2.35 bits per heavy atom. The summed E-state index contributed by atoms with van der Waals surface area (Å²) in [5.74, 6) is 0. The molecule has 17 heavy (non-hydrogen) atoms. The summed E-state index contributed by atoms with van der Waals surface area (Å²) in [4.78, 5) is 9.79. The van der Waals surface area contributed by atoms with Crippen molar-refractivity contribution < 1.29 is 0 Å². The Labute approximate surface area is 106 Å². The molecule has 3 nitrogen and oxygen atoms in total. The van der Waals surface area contributed by atoms with Crippen LogP contribution in [-0.2, 0) is 12.8 Å². The van der Waals surface area contributed by atoms with Crippen molar-refractivity contribution >= 4 is 11.3 Å². The zero-order valence-corrected chi connectivity index (χ0v) is 10.8. The van der Waals surface area contributed by atoms with E-state index >= 15 is 0 Å². The summed E-state index contributed by atoms with van der Waals surface area (Å²) in [5, 5.41) is 3.36. The molecule has 1 unspecified atom stereocenters. The summed E-state index contributed by atoms with van der Waals surface area (Å²) in [6, 6.07) is 6.58. The zero-order valence-electron chi connectivity index (χ0n) is 9.97. The van der Waals surface area contributed by atoms with Gasteiger partial charge in [-0.25, -0.2) is 0 Å². The smallest absolute Gasteiger partial charge is 0.0794 e. The number of aromatic nitrogens is 2. The second-order valence-electron chi connectivity index (χ2n) is 4.02. The summed E-state index contributed by atoms with van der Waals surface area (Å²) < 4.78 is 0. The van der Waals surface area contributed by atoms with Crippen molar-refractivity contribution in [2.24, 2.45) is 0 Å². The number of aryl methyl sites for hydroxylation is 1. The number of likely N-dealkylation sites (N-methyl/N-ethyl adjacent to an activating group) is 1. The highest BCUT2D eigenvalue weighted by atomic mass is 32.1. The number of nitrogens with zero attached hydrogens (tertiary/aromatic N) is 2. The fourth-order valence-electron chi connectivity index (χ4n) is 1.80. The molecule has 0 aliphatic rings. The van der Waals surface area contributed by atoms with Crippen LogP contribution in [0.5, 0.6) is 0 Å². The van der Waals surface area contributed by atoms with Crippen LogP contribution in [0.2, 0.25) is 0 Å². The van der Waals surface area contributed by atoms with Crippen LogP contribution in [0.4, 0.5) is 0 Å². The van der Waals surface area contributed by atoms with E-state index in [2.05, 4.69) is 21.4 Å². The molecular formula is C13H17N3S. The third kappa shape index (κ3) is 3.91. The standard InChI is InChI=1S/C13H17N3S/c1-14-12(8-13-9-15-10-17-13)6-5-11-4-2-3-7-16-11/h2-4,7,9-10,12,14H,5-6,8H2,1H3. The molecule has 2 aromatic rings. The van der Waals surface area contributed by atoms with Crippen LogP contribution >= 0.6 is 11.3 Å². The lowest BCUT2D eigenvalue weighted by Crippen LogP contribution is -2.27. The minimum Gasteiger partial charge on any atom is -0.317 e. The highest BCUT2D eigenvalue weighted by molar-refractivity contribution is 7.09. The van der Waals surface area contributed by atoms with Gasteiger partial charge in [0.25, 0.3) is 0 Å². The molecule has 0 fully saturated rings. The first kappa shape index (κ1) is 12.2. The molecule has 0 aromatic carbocycles. The Hall–Kier alpha value is -1.26. The van der Waals surface area contributed by atoms with Gasteiger partial charge in [0.1, 0.15) is 0 Å². The third-order valence-corrected chi connectivity index (χ3v) is 3.62. The number of nitrogens with one attached hydrogen (secondary N) is 1. The molecule has 0 bridgehead atoms. The molecule has 0 aliphatic heterocycles. The van der Waals surface area contributed by atoms with Gasteiger partial charge >= 0.3 is 0 Å². The lowest BCUT2D eigenvalue weighted by atomic mass is 10.1. The Balaban J connectivity index is 1.84. The average molecular weight is 247 g/mol. The number of thiazole rings is 1. The van der Waals surface area contributed by atoms with Gasteiger partial charge in [-0.1, -0.05) is 6.07 Å². The Bertz CT molecular complexity index is 413. The van der Waals surface area contributed by atoms with Crippen LogP contribution < -0.4 is 5.32 Å². The van der Waals surface area contributed by atoms with Crippen LogP contribution in [-0.4, -0.2) is 23.1 Å². The van der Waals surface area contributed by atoms with Crippen LogP contribution in [0.1, 0.15) is 17.0 Å². The van der Waals surface area contributed by atoms with E-state index in [4.69, 9.17) is 0 Å². The Morgan fingerprint density at radius 1 is 1.41 bits per heavy atom. The highest BCUT2D eigenvalue weighted by Gasteiger charge is 2.08. The van der Waals surface area contributed by atoms with Crippen molar-refractivity contribution in [1.29, 1.82) is 0 Å². The first-order chi connectivity index (χ1) is 8.38. The minimum atomic E-state index is 0.498. The molecule has 4 heteroatoms. The van der Waals surface area contributed by atoms with Crippen molar-refractivity contribution in [3.05, 3.63) is 46.7 Å². The van der Waals surface area contributed by atoms with Gasteiger partial charge in [0.2, 0.25) is 0 Å². The SMILES string of the molecule is CNC(CCc1ccccn1)Cc1cncs1. The van der Waals surface area contributed by atoms with Crippen molar-refractivity contribution in [3.63, 3.8) is 0 Å². The summed E-state index contributed by atoms with van der Waals surface area (Å²) in [6.45, 7) is 0. The van der Waals surface area contributed by atoms with E-state index < -0.39 is 0 Å². The van der Waals surface area contributed by atoms with Crippen LogP contribution in [0, 0.1) is 0 Å². The number of rotatable bonds is 6. The topological polar surface area (TPSA) is 37.8 Å². The quantitative estimate of drug-likeness (QED) is 0.851. The number of hydrogen-bond donors (Lipinski definition) is 1. The first-order valence-electron chi connectivity index (χ1n) is 5.83. The van der Waals surface area contributed by atoms with Gasteiger partial charge in [-0.05, 0) is 38.4 Å². The second-order valence-corrected chi connectivity index (χ2v) is 4.99. The monoisotopic (exact) mass is 247 g/mol. The molecular weight excluding hydrogens is 230 g/mol. The fraction of sp³-hybridized carbons (Fsp3) is 0.385. The predicted octanol–water partition coefficient (Wildman–Crippen LogP) is 2.30. The van der Waals surface area contributed by atoms with E-state index in [-0.39, 0.29) is 0 Å². The molecule has 2 rings (SSSR count). The van der Waals surface area contributed by atoms with E-state index in [0.717, 1.165) is 25.0 Å². The lowest BCUT2D eigenvalue weighted by Gasteiger charge is -2.14.